The van der Waals surface area contributed by atoms with Crippen LogP contribution in [0.25, 0.3) is 0 Å². The minimum atomic E-state index is -0.397. The van der Waals surface area contributed by atoms with Crippen LogP contribution in [0.1, 0.15) is 39.2 Å². The average molecular weight is 326 g/mol. The van der Waals surface area contributed by atoms with Gasteiger partial charge in [-0.15, -0.1) is 0 Å². The van der Waals surface area contributed by atoms with Crippen molar-refractivity contribution in [2.75, 3.05) is 18.1 Å². The maximum atomic E-state index is 11.8. The summed E-state index contributed by atoms with van der Waals surface area (Å²) in [5.41, 5.74) is 0.609. The molecule has 1 aromatic carbocycles. The van der Waals surface area contributed by atoms with Crippen LogP contribution in [0.5, 0.6) is 11.5 Å². The lowest BCUT2D eigenvalue weighted by Gasteiger charge is -2.20. The first kappa shape index (κ1) is 18.7. The van der Waals surface area contributed by atoms with Crippen molar-refractivity contribution < 1.29 is 19.7 Å². The maximum absolute atomic E-state index is 11.8. The summed E-state index contributed by atoms with van der Waals surface area (Å²) in [6.45, 7) is 6.23. The topological polar surface area (TPSA) is 66.8 Å². The lowest BCUT2D eigenvalue weighted by Crippen LogP contribution is -2.26. The van der Waals surface area contributed by atoms with Crippen molar-refractivity contribution in [1.82, 2.24) is 0 Å². The normalized spacial score (nSPS) is 11.4. The Labute approximate surface area is 136 Å². The van der Waals surface area contributed by atoms with Gasteiger partial charge in [0.25, 0.3) is 0 Å². The SMILES string of the molecule is CCC(C)(C)C(=O)OCCSCCCc1ccc(O)c(O)c1. The summed E-state index contributed by atoms with van der Waals surface area (Å²) < 4.78 is 5.27. The van der Waals surface area contributed by atoms with Gasteiger partial charge in [0.05, 0.1) is 5.41 Å². The van der Waals surface area contributed by atoms with Crippen LogP contribution in [0.3, 0.4) is 0 Å². The fourth-order valence-corrected chi connectivity index (χ4v) is 2.49. The molecule has 4 nitrogen and oxygen atoms in total. The van der Waals surface area contributed by atoms with Crippen molar-refractivity contribution >= 4 is 17.7 Å². The highest BCUT2D eigenvalue weighted by atomic mass is 32.2. The molecular formula is C17H26O4S. The molecule has 0 amide bonds. The van der Waals surface area contributed by atoms with Crippen LogP contribution < -0.4 is 0 Å². The Balaban J connectivity index is 2.11. The molecule has 0 aromatic heterocycles. The second-order valence-electron chi connectivity index (χ2n) is 5.91. The summed E-state index contributed by atoms with van der Waals surface area (Å²) in [5, 5.41) is 18.6. The number of hydrogen-bond acceptors (Lipinski definition) is 5. The molecule has 22 heavy (non-hydrogen) atoms. The summed E-state index contributed by atoms with van der Waals surface area (Å²) in [6, 6.07) is 4.91. The molecular weight excluding hydrogens is 300 g/mol. The van der Waals surface area contributed by atoms with Gasteiger partial charge in [-0.25, -0.2) is 0 Å². The van der Waals surface area contributed by atoms with E-state index in [1.165, 1.54) is 6.07 Å². The van der Waals surface area contributed by atoms with E-state index in [2.05, 4.69) is 0 Å². The monoisotopic (exact) mass is 326 g/mol. The van der Waals surface area contributed by atoms with E-state index in [-0.39, 0.29) is 17.5 Å². The van der Waals surface area contributed by atoms with E-state index >= 15 is 0 Å². The Hall–Kier alpha value is -1.36. The zero-order valence-corrected chi connectivity index (χ0v) is 14.4. The summed E-state index contributed by atoms with van der Waals surface area (Å²) in [4.78, 5) is 11.8. The largest absolute Gasteiger partial charge is 0.504 e. The zero-order valence-electron chi connectivity index (χ0n) is 13.6. The van der Waals surface area contributed by atoms with E-state index in [1.807, 2.05) is 26.8 Å². The molecule has 0 atom stereocenters. The number of rotatable bonds is 9. The molecule has 5 heteroatoms. The predicted molar refractivity (Wildman–Crippen MR) is 90.4 cm³/mol. The van der Waals surface area contributed by atoms with Gasteiger partial charge in [-0.1, -0.05) is 13.0 Å². The lowest BCUT2D eigenvalue weighted by molar-refractivity contribution is -0.153. The van der Waals surface area contributed by atoms with Crippen LogP contribution >= 0.6 is 11.8 Å². The van der Waals surface area contributed by atoms with E-state index in [4.69, 9.17) is 4.74 Å². The highest BCUT2D eigenvalue weighted by Gasteiger charge is 2.26. The predicted octanol–water partition coefficient (Wildman–Crippen LogP) is 3.74. The molecule has 0 aliphatic heterocycles. The molecule has 1 rings (SSSR count). The Kier molecular flexibility index (Phi) is 7.59. The summed E-state index contributed by atoms with van der Waals surface area (Å²) >= 11 is 1.75. The number of carbonyl (C=O) groups is 1. The Bertz CT molecular complexity index is 486. The Morgan fingerprint density at radius 2 is 1.95 bits per heavy atom. The molecule has 0 heterocycles. The number of phenols is 2. The molecule has 0 radical (unpaired) electrons. The molecule has 1 aromatic rings. The molecule has 0 saturated carbocycles. The third-order valence-electron chi connectivity index (χ3n) is 3.69. The van der Waals surface area contributed by atoms with Gasteiger partial charge in [-0.2, -0.15) is 11.8 Å². The van der Waals surface area contributed by atoms with Gasteiger partial charge >= 0.3 is 5.97 Å². The summed E-state index contributed by atoms with van der Waals surface area (Å²) in [6.07, 6.45) is 2.60. The van der Waals surface area contributed by atoms with E-state index in [0.29, 0.717) is 6.61 Å². The van der Waals surface area contributed by atoms with Gasteiger partial charge in [0.1, 0.15) is 6.61 Å². The number of thioether (sulfide) groups is 1. The van der Waals surface area contributed by atoms with Gasteiger partial charge in [-0.05, 0) is 56.6 Å². The maximum Gasteiger partial charge on any atom is 0.311 e. The molecule has 124 valence electrons. The van der Waals surface area contributed by atoms with Crippen molar-refractivity contribution in [1.29, 1.82) is 0 Å². The third kappa shape index (κ3) is 6.18. The molecule has 2 N–H and O–H groups in total. The van der Waals surface area contributed by atoms with Gasteiger partial charge in [0.2, 0.25) is 0 Å². The number of aryl methyl sites for hydroxylation is 1. The molecule has 0 aliphatic carbocycles. The van der Waals surface area contributed by atoms with Crippen molar-refractivity contribution in [2.24, 2.45) is 5.41 Å². The van der Waals surface area contributed by atoms with Crippen LogP contribution in [-0.2, 0) is 16.0 Å². The van der Waals surface area contributed by atoms with Crippen LogP contribution in [0.2, 0.25) is 0 Å². The van der Waals surface area contributed by atoms with Crippen LogP contribution in [-0.4, -0.2) is 34.3 Å². The van der Waals surface area contributed by atoms with Gasteiger partial charge < -0.3 is 14.9 Å². The second-order valence-corrected chi connectivity index (χ2v) is 7.14. The first-order valence-electron chi connectivity index (χ1n) is 7.62. The van der Waals surface area contributed by atoms with E-state index < -0.39 is 5.41 Å². The second kappa shape index (κ2) is 8.93. The quantitative estimate of drug-likeness (QED) is 0.411. The lowest BCUT2D eigenvalue weighted by atomic mass is 9.91. The number of phenolic OH excluding ortho intramolecular Hbond substituents is 2. The molecule has 0 spiro atoms. The summed E-state index contributed by atoms with van der Waals surface area (Å²) in [5.74, 6) is 1.48. The van der Waals surface area contributed by atoms with Crippen LogP contribution in [0.4, 0.5) is 0 Å². The summed E-state index contributed by atoms with van der Waals surface area (Å²) in [7, 11) is 0. The molecule has 0 saturated heterocycles. The van der Waals surface area contributed by atoms with Crippen molar-refractivity contribution in [3.05, 3.63) is 23.8 Å². The third-order valence-corrected chi connectivity index (χ3v) is 4.72. The Morgan fingerprint density at radius 1 is 1.23 bits per heavy atom. The Morgan fingerprint density at radius 3 is 2.59 bits per heavy atom. The number of esters is 1. The number of carbonyl (C=O) groups excluding carboxylic acids is 1. The number of benzene rings is 1. The fraction of sp³-hybridized carbons (Fsp3) is 0.588. The fourth-order valence-electron chi connectivity index (χ4n) is 1.74. The first-order valence-corrected chi connectivity index (χ1v) is 8.78. The minimum Gasteiger partial charge on any atom is -0.504 e. The molecule has 0 unspecified atom stereocenters. The number of ether oxygens (including phenoxy) is 1. The molecule has 0 aliphatic rings. The van der Waals surface area contributed by atoms with Gasteiger partial charge in [-0.3, -0.25) is 4.79 Å². The average Bonchev–Trinajstić information content (AvgIpc) is 2.49. The molecule has 0 fully saturated rings. The van der Waals surface area contributed by atoms with Crippen molar-refractivity contribution in [3.63, 3.8) is 0 Å². The zero-order chi connectivity index (χ0) is 16.6. The highest BCUT2D eigenvalue weighted by molar-refractivity contribution is 7.99. The first-order chi connectivity index (χ1) is 10.4. The number of aromatic hydroxyl groups is 2. The van der Waals surface area contributed by atoms with E-state index in [9.17, 15) is 15.0 Å². The van der Waals surface area contributed by atoms with E-state index in [0.717, 1.165) is 36.3 Å². The molecule has 0 bridgehead atoms. The smallest absolute Gasteiger partial charge is 0.311 e. The minimum absolute atomic E-state index is 0.0735. The number of hydrogen-bond donors (Lipinski definition) is 2. The van der Waals surface area contributed by atoms with Crippen LogP contribution in [0, 0.1) is 5.41 Å². The van der Waals surface area contributed by atoms with E-state index in [1.54, 1.807) is 17.8 Å². The van der Waals surface area contributed by atoms with Crippen molar-refractivity contribution in [3.8, 4) is 11.5 Å². The van der Waals surface area contributed by atoms with Crippen LogP contribution in [0.15, 0.2) is 18.2 Å². The highest BCUT2D eigenvalue weighted by Crippen LogP contribution is 2.25. The van der Waals surface area contributed by atoms with Gasteiger partial charge in [0.15, 0.2) is 11.5 Å². The van der Waals surface area contributed by atoms with Gasteiger partial charge in [0, 0.05) is 5.75 Å². The van der Waals surface area contributed by atoms with Crippen molar-refractivity contribution in [2.45, 2.75) is 40.0 Å². The standard InChI is InChI=1S/C17H26O4S/c1-4-17(2,3)16(20)21-9-11-22-10-5-6-13-7-8-14(18)15(19)12-13/h7-8,12,18-19H,4-6,9-11H2,1-3H3.